The maximum Gasteiger partial charge on any atom is 0.230 e. The number of nitrogens with one attached hydrogen (secondary N) is 1. The molecule has 6 nitrogen and oxygen atoms in total. The maximum atomic E-state index is 11.5. The average molecular weight is 244 g/mol. The molecule has 0 aromatic rings. The van der Waals surface area contributed by atoms with Gasteiger partial charge in [-0.3, -0.25) is 4.79 Å². The number of rotatable bonds is 8. The number of carbonyl (C=O) groups excluding carboxylic acids is 1. The molecule has 0 rings (SSSR count). The highest BCUT2D eigenvalue weighted by Gasteiger charge is 2.16. The first-order valence-electron chi connectivity index (χ1n) is 6.04. The standard InChI is InChI=1S/C11H24N4O2/c1-4-15(5-2)8-6-7-13-11(16)9(3)10(12)14-17/h9,17H,4-8H2,1-3H3,(H2,12,14)(H,13,16). The van der Waals surface area contributed by atoms with E-state index >= 15 is 0 Å². The molecule has 1 atom stereocenters. The van der Waals surface area contributed by atoms with E-state index in [0.717, 1.165) is 26.1 Å². The molecule has 0 saturated carbocycles. The van der Waals surface area contributed by atoms with Gasteiger partial charge >= 0.3 is 0 Å². The predicted octanol–water partition coefficient (Wildman–Crippen LogP) is 0.217. The fraction of sp³-hybridized carbons (Fsp3) is 0.818. The van der Waals surface area contributed by atoms with E-state index in [9.17, 15) is 4.79 Å². The molecule has 0 aromatic heterocycles. The Hall–Kier alpha value is -1.30. The van der Waals surface area contributed by atoms with Crippen molar-refractivity contribution in [2.45, 2.75) is 27.2 Å². The third-order valence-corrected chi connectivity index (χ3v) is 2.80. The van der Waals surface area contributed by atoms with Gasteiger partial charge in [-0.15, -0.1) is 0 Å². The van der Waals surface area contributed by atoms with Crippen molar-refractivity contribution >= 4 is 11.7 Å². The van der Waals surface area contributed by atoms with Crippen LogP contribution in [0.4, 0.5) is 0 Å². The SMILES string of the molecule is CCN(CC)CCCNC(=O)C(C)C(N)=NO. The van der Waals surface area contributed by atoms with E-state index in [1.165, 1.54) is 0 Å². The van der Waals surface area contributed by atoms with Crippen LogP contribution in [0.2, 0.25) is 0 Å². The summed E-state index contributed by atoms with van der Waals surface area (Å²) in [5.74, 6) is -0.862. The minimum absolute atomic E-state index is 0.0637. The molecule has 1 unspecified atom stereocenters. The van der Waals surface area contributed by atoms with Crippen LogP contribution in [-0.4, -0.2) is 48.0 Å². The van der Waals surface area contributed by atoms with Crippen molar-refractivity contribution in [3.63, 3.8) is 0 Å². The first-order chi connectivity index (χ1) is 8.06. The zero-order valence-corrected chi connectivity index (χ0v) is 10.9. The second-order valence-electron chi connectivity index (χ2n) is 3.92. The highest BCUT2D eigenvalue weighted by molar-refractivity contribution is 6.01. The second kappa shape index (κ2) is 8.81. The van der Waals surface area contributed by atoms with Gasteiger partial charge in [0.25, 0.3) is 0 Å². The lowest BCUT2D eigenvalue weighted by molar-refractivity contribution is -0.122. The minimum Gasteiger partial charge on any atom is -0.409 e. The number of nitrogens with zero attached hydrogens (tertiary/aromatic N) is 2. The van der Waals surface area contributed by atoms with Crippen LogP contribution < -0.4 is 11.1 Å². The van der Waals surface area contributed by atoms with Crippen LogP contribution in [-0.2, 0) is 4.79 Å². The van der Waals surface area contributed by atoms with Gasteiger partial charge < -0.3 is 21.2 Å². The predicted molar refractivity (Wildman–Crippen MR) is 68.0 cm³/mol. The molecule has 0 saturated heterocycles. The zero-order chi connectivity index (χ0) is 13.3. The van der Waals surface area contributed by atoms with Crippen molar-refractivity contribution in [1.29, 1.82) is 0 Å². The lowest BCUT2D eigenvalue weighted by Crippen LogP contribution is -2.38. The van der Waals surface area contributed by atoms with Crippen molar-refractivity contribution in [2.24, 2.45) is 16.8 Å². The fourth-order valence-electron chi connectivity index (χ4n) is 1.43. The summed E-state index contributed by atoms with van der Waals surface area (Å²) in [5, 5.41) is 14.0. The molecule has 4 N–H and O–H groups in total. The van der Waals surface area contributed by atoms with E-state index in [1.807, 2.05) is 0 Å². The summed E-state index contributed by atoms with van der Waals surface area (Å²) in [7, 11) is 0. The normalized spacial score (nSPS) is 13.8. The van der Waals surface area contributed by atoms with E-state index in [2.05, 4.69) is 29.2 Å². The summed E-state index contributed by atoms with van der Waals surface area (Å²) < 4.78 is 0. The first-order valence-corrected chi connectivity index (χ1v) is 6.04. The van der Waals surface area contributed by atoms with Crippen LogP contribution in [0, 0.1) is 5.92 Å². The first kappa shape index (κ1) is 15.7. The molecule has 0 radical (unpaired) electrons. The Kier molecular flexibility index (Phi) is 8.13. The van der Waals surface area contributed by atoms with Crippen LogP contribution in [0.15, 0.2) is 5.16 Å². The summed E-state index contributed by atoms with van der Waals surface area (Å²) in [5.41, 5.74) is 5.34. The van der Waals surface area contributed by atoms with Gasteiger partial charge in [0.2, 0.25) is 5.91 Å². The van der Waals surface area contributed by atoms with Crippen LogP contribution in [0.5, 0.6) is 0 Å². The fourth-order valence-corrected chi connectivity index (χ4v) is 1.43. The smallest absolute Gasteiger partial charge is 0.230 e. The summed E-state index contributed by atoms with van der Waals surface area (Å²) in [6, 6.07) is 0. The van der Waals surface area contributed by atoms with E-state index in [1.54, 1.807) is 6.92 Å². The number of carbonyl (C=O) groups is 1. The topological polar surface area (TPSA) is 91.0 Å². The van der Waals surface area contributed by atoms with Crippen molar-refractivity contribution in [2.75, 3.05) is 26.2 Å². The number of nitrogens with two attached hydrogens (primary N) is 1. The van der Waals surface area contributed by atoms with E-state index in [-0.39, 0.29) is 11.7 Å². The van der Waals surface area contributed by atoms with Crippen LogP contribution in [0.1, 0.15) is 27.2 Å². The molecule has 0 spiro atoms. The summed E-state index contributed by atoms with van der Waals surface area (Å²) in [4.78, 5) is 13.8. The molecule has 0 aliphatic carbocycles. The zero-order valence-electron chi connectivity index (χ0n) is 10.9. The molecule has 0 aromatic carbocycles. The van der Waals surface area contributed by atoms with Gasteiger partial charge in [0.15, 0.2) is 5.84 Å². The second-order valence-corrected chi connectivity index (χ2v) is 3.92. The molecule has 0 aliphatic rings. The average Bonchev–Trinajstić information content (AvgIpc) is 2.36. The number of hydrogen-bond acceptors (Lipinski definition) is 4. The van der Waals surface area contributed by atoms with Gasteiger partial charge in [0, 0.05) is 6.54 Å². The Labute approximate surface area is 103 Å². The lowest BCUT2D eigenvalue weighted by Gasteiger charge is -2.18. The highest BCUT2D eigenvalue weighted by Crippen LogP contribution is 1.95. The Morgan fingerprint density at radius 1 is 1.47 bits per heavy atom. The number of amides is 1. The van der Waals surface area contributed by atoms with Crippen molar-refractivity contribution in [3.8, 4) is 0 Å². The molecule has 100 valence electrons. The van der Waals surface area contributed by atoms with Crippen LogP contribution in [0.25, 0.3) is 0 Å². The number of hydrogen-bond donors (Lipinski definition) is 3. The molecular formula is C11H24N4O2. The van der Waals surface area contributed by atoms with Crippen molar-refractivity contribution in [3.05, 3.63) is 0 Å². The minimum atomic E-state index is -0.589. The Morgan fingerprint density at radius 3 is 2.53 bits per heavy atom. The van der Waals surface area contributed by atoms with Gasteiger partial charge in [-0.05, 0) is 33.0 Å². The summed E-state index contributed by atoms with van der Waals surface area (Å²) >= 11 is 0. The van der Waals surface area contributed by atoms with Gasteiger partial charge in [0.05, 0.1) is 5.92 Å². The van der Waals surface area contributed by atoms with E-state index in [4.69, 9.17) is 10.9 Å². The monoisotopic (exact) mass is 244 g/mol. The van der Waals surface area contributed by atoms with Gasteiger partial charge in [-0.25, -0.2) is 0 Å². The largest absolute Gasteiger partial charge is 0.409 e. The maximum absolute atomic E-state index is 11.5. The molecular weight excluding hydrogens is 220 g/mol. The third-order valence-electron chi connectivity index (χ3n) is 2.80. The summed E-state index contributed by atoms with van der Waals surface area (Å²) in [6.07, 6.45) is 0.899. The van der Waals surface area contributed by atoms with E-state index in [0.29, 0.717) is 6.54 Å². The van der Waals surface area contributed by atoms with Crippen LogP contribution in [0.3, 0.4) is 0 Å². The molecule has 0 aliphatic heterocycles. The molecule has 0 fully saturated rings. The molecule has 1 amide bonds. The number of oxime groups is 1. The Balaban J connectivity index is 3.79. The number of amidine groups is 1. The molecule has 17 heavy (non-hydrogen) atoms. The van der Waals surface area contributed by atoms with Crippen molar-refractivity contribution in [1.82, 2.24) is 10.2 Å². The van der Waals surface area contributed by atoms with E-state index < -0.39 is 5.92 Å². The lowest BCUT2D eigenvalue weighted by atomic mass is 10.1. The molecule has 0 bridgehead atoms. The highest BCUT2D eigenvalue weighted by atomic mass is 16.4. The van der Waals surface area contributed by atoms with Gasteiger partial charge in [-0.2, -0.15) is 0 Å². The van der Waals surface area contributed by atoms with Crippen molar-refractivity contribution < 1.29 is 10.0 Å². The van der Waals surface area contributed by atoms with Gasteiger partial charge in [0.1, 0.15) is 0 Å². The Morgan fingerprint density at radius 2 is 2.06 bits per heavy atom. The van der Waals surface area contributed by atoms with Gasteiger partial charge in [-0.1, -0.05) is 19.0 Å². The quantitative estimate of drug-likeness (QED) is 0.187. The summed E-state index contributed by atoms with van der Waals surface area (Å²) in [6.45, 7) is 9.44. The molecule has 6 heteroatoms. The Bertz CT molecular complexity index is 252. The third kappa shape index (κ3) is 6.11. The van der Waals surface area contributed by atoms with Crippen LogP contribution >= 0.6 is 0 Å². The molecule has 0 heterocycles.